The van der Waals surface area contributed by atoms with E-state index in [-0.39, 0.29) is 12.3 Å². The fourth-order valence-corrected chi connectivity index (χ4v) is 1.91. The van der Waals surface area contributed by atoms with E-state index in [1.54, 1.807) is 0 Å². The van der Waals surface area contributed by atoms with E-state index in [4.69, 9.17) is 0 Å². The summed E-state index contributed by atoms with van der Waals surface area (Å²) in [7, 11) is 0. The Hall–Kier alpha value is 0.340. The summed E-state index contributed by atoms with van der Waals surface area (Å²) in [6, 6.07) is 0. The fourth-order valence-electron chi connectivity index (χ4n) is 0.929. The molecule has 0 spiro atoms. The largest absolute Gasteiger partial charge is 0.245 e. The van der Waals surface area contributed by atoms with Gasteiger partial charge in [-0.15, -0.1) is 0 Å². The van der Waals surface area contributed by atoms with Gasteiger partial charge in [-0.25, -0.2) is 8.78 Å². The van der Waals surface area contributed by atoms with Crippen molar-refractivity contribution in [2.45, 2.75) is 33.1 Å². The average Bonchev–Trinajstić information content (AvgIpc) is 1.80. The molecule has 0 aromatic rings. The van der Waals surface area contributed by atoms with Crippen molar-refractivity contribution in [3.8, 4) is 0 Å². The molecule has 11 heavy (non-hydrogen) atoms. The molecule has 3 heteroatoms. The molecule has 0 nitrogen and oxygen atoms in total. The van der Waals surface area contributed by atoms with Gasteiger partial charge in [-0.1, -0.05) is 29.8 Å². The van der Waals surface area contributed by atoms with E-state index in [2.05, 4.69) is 15.9 Å². The first-order chi connectivity index (χ1) is 4.87. The maximum atomic E-state index is 12.5. The van der Waals surface area contributed by atoms with Crippen molar-refractivity contribution >= 4 is 15.9 Å². The van der Waals surface area contributed by atoms with Gasteiger partial charge >= 0.3 is 0 Å². The van der Waals surface area contributed by atoms with E-state index < -0.39 is 5.92 Å². The Morgan fingerprint density at radius 1 is 1.36 bits per heavy atom. The van der Waals surface area contributed by atoms with Gasteiger partial charge in [0.25, 0.3) is 0 Å². The van der Waals surface area contributed by atoms with Crippen LogP contribution in [0.15, 0.2) is 0 Å². The summed E-state index contributed by atoms with van der Waals surface area (Å²) in [5.41, 5.74) is 0. The topological polar surface area (TPSA) is 0 Å². The zero-order valence-electron chi connectivity index (χ0n) is 7.20. The van der Waals surface area contributed by atoms with Crippen molar-refractivity contribution in [1.29, 1.82) is 0 Å². The predicted octanol–water partition coefficient (Wildman–Crippen LogP) is 3.70. The van der Waals surface area contributed by atoms with Crippen molar-refractivity contribution in [3.63, 3.8) is 0 Å². The number of alkyl halides is 3. The Bertz CT molecular complexity index is 107. The highest BCUT2D eigenvalue weighted by Gasteiger charge is 2.27. The van der Waals surface area contributed by atoms with Gasteiger partial charge in [-0.3, -0.25) is 0 Å². The van der Waals surface area contributed by atoms with Gasteiger partial charge < -0.3 is 0 Å². The summed E-state index contributed by atoms with van der Waals surface area (Å²) in [6.45, 7) is 4.92. The van der Waals surface area contributed by atoms with E-state index in [1.807, 2.05) is 13.8 Å². The Labute approximate surface area is 75.5 Å². The van der Waals surface area contributed by atoms with E-state index in [0.717, 1.165) is 6.92 Å². The summed E-state index contributed by atoms with van der Waals surface area (Å²) in [5.74, 6) is -2.13. The Kier molecular flexibility index (Phi) is 4.52. The zero-order valence-corrected chi connectivity index (χ0v) is 8.79. The SMILES string of the molecule is CC(C)C(CBr)CC(C)(F)F. The normalized spacial score (nSPS) is 15.5. The lowest BCUT2D eigenvalue weighted by molar-refractivity contribution is -0.00628. The van der Waals surface area contributed by atoms with Gasteiger partial charge in [-0.05, 0) is 18.8 Å². The van der Waals surface area contributed by atoms with Crippen LogP contribution in [0.4, 0.5) is 8.78 Å². The summed E-state index contributed by atoms with van der Waals surface area (Å²) < 4.78 is 25.0. The molecule has 0 aliphatic heterocycles. The molecule has 0 saturated carbocycles. The van der Waals surface area contributed by atoms with Gasteiger partial charge in [0.1, 0.15) is 0 Å². The van der Waals surface area contributed by atoms with Crippen molar-refractivity contribution in [2.24, 2.45) is 11.8 Å². The van der Waals surface area contributed by atoms with Gasteiger partial charge in [0, 0.05) is 11.8 Å². The molecule has 1 unspecified atom stereocenters. The van der Waals surface area contributed by atoms with Crippen LogP contribution >= 0.6 is 15.9 Å². The highest BCUT2D eigenvalue weighted by atomic mass is 79.9. The molecule has 1 atom stereocenters. The van der Waals surface area contributed by atoms with Gasteiger partial charge in [0.05, 0.1) is 0 Å². The second kappa shape index (κ2) is 4.39. The van der Waals surface area contributed by atoms with E-state index in [1.165, 1.54) is 0 Å². The minimum Gasteiger partial charge on any atom is -0.207 e. The minimum atomic E-state index is -2.53. The van der Waals surface area contributed by atoms with Crippen molar-refractivity contribution in [3.05, 3.63) is 0 Å². The third-order valence-electron chi connectivity index (χ3n) is 1.76. The highest BCUT2D eigenvalue weighted by molar-refractivity contribution is 9.09. The van der Waals surface area contributed by atoms with Gasteiger partial charge in [0.2, 0.25) is 5.92 Å². The average molecular weight is 229 g/mol. The van der Waals surface area contributed by atoms with E-state index in [9.17, 15) is 8.78 Å². The molecule has 0 rings (SSSR count). The molecule has 0 heterocycles. The van der Waals surface area contributed by atoms with Gasteiger partial charge in [0.15, 0.2) is 0 Å². The molecule has 0 radical (unpaired) electrons. The molecule has 0 aromatic heterocycles. The van der Waals surface area contributed by atoms with Crippen molar-refractivity contribution < 1.29 is 8.78 Å². The maximum absolute atomic E-state index is 12.5. The van der Waals surface area contributed by atoms with Crippen LogP contribution in [-0.4, -0.2) is 11.3 Å². The molecule has 0 bridgehead atoms. The second-order valence-electron chi connectivity index (χ2n) is 3.43. The van der Waals surface area contributed by atoms with Crippen LogP contribution in [-0.2, 0) is 0 Å². The molecular formula is C8H15BrF2. The Balaban J connectivity index is 3.88. The van der Waals surface area contributed by atoms with Crippen LogP contribution in [0.1, 0.15) is 27.2 Å². The summed E-state index contributed by atoms with van der Waals surface area (Å²) >= 11 is 3.24. The van der Waals surface area contributed by atoms with Crippen molar-refractivity contribution in [2.75, 3.05) is 5.33 Å². The molecule has 0 saturated heterocycles. The lowest BCUT2D eigenvalue weighted by atomic mass is 9.92. The molecular weight excluding hydrogens is 214 g/mol. The van der Waals surface area contributed by atoms with Crippen molar-refractivity contribution in [1.82, 2.24) is 0 Å². The minimum absolute atomic E-state index is 0.0179. The first-order valence-corrected chi connectivity index (χ1v) is 4.92. The van der Waals surface area contributed by atoms with Crippen LogP contribution in [0.5, 0.6) is 0 Å². The molecule has 0 aliphatic rings. The molecule has 0 amide bonds. The van der Waals surface area contributed by atoms with Crippen LogP contribution in [0, 0.1) is 11.8 Å². The maximum Gasteiger partial charge on any atom is 0.245 e. The number of halogens is 3. The van der Waals surface area contributed by atoms with E-state index >= 15 is 0 Å². The lowest BCUT2D eigenvalue weighted by Gasteiger charge is -2.21. The third-order valence-corrected chi connectivity index (χ3v) is 2.59. The summed E-state index contributed by atoms with van der Waals surface area (Å²) in [4.78, 5) is 0. The molecule has 68 valence electrons. The zero-order chi connectivity index (χ0) is 9.07. The molecule has 0 aliphatic carbocycles. The Morgan fingerprint density at radius 3 is 1.91 bits per heavy atom. The quantitative estimate of drug-likeness (QED) is 0.645. The van der Waals surface area contributed by atoms with E-state index in [0.29, 0.717) is 11.2 Å². The highest BCUT2D eigenvalue weighted by Crippen LogP contribution is 2.28. The number of rotatable bonds is 4. The van der Waals surface area contributed by atoms with Crippen LogP contribution in [0.25, 0.3) is 0 Å². The number of hydrogen-bond acceptors (Lipinski definition) is 0. The third kappa shape index (κ3) is 5.59. The lowest BCUT2D eigenvalue weighted by Crippen LogP contribution is -2.21. The number of hydrogen-bond donors (Lipinski definition) is 0. The van der Waals surface area contributed by atoms with Gasteiger partial charge in [-0.2, -0.15) is 0 Å². The second-order valence-corrected chi connectivity index (χ2v) is 4.08. The molecule has 0 fully saturated rings. The standard InChI is InChI=1S/C8H15BrF2/c1-6(2)7(5-9)4-8(3,10)11/h6-7H,4-5H2,1-3H3. The summed E-state index contributed by atoms with van der Waals surface area (Å²) in [5, 5.41) is 0.661. The predicted molar refractivity (Wildman–Crippen MR) is 47.4 cm³/mol. The van der Waals surface area contributed by atoms with Crippen LogP contribution in [0.3, 0.4) is 0 Å². The first-order valence-electron chi connectivity index (χ1n) is 3.80. The van der Waals surface area contributed by atoms with Crippen LogP contribution in [0.2, 0.25) is 0 Å². The monoisotopic (exact) mass is 228 g/mol. The summed E-state index contributed by atoms with van der Waals surface area (Å²) in [6.07, 6.45) is -0.0179. The molecule has 0 N–H and O–H groups in total. The fraction of sp³-hybridized carbons (Fsp3) is 1.00. The molecule has 0 aromatic carbocycles. The first kappa shape index (κ1) is 11.3. The smallest absolute Gasteiger partial charge is 0.207 e. The Morgan fingerprint density at radius 2 is 1.82 bits per heavy atom. The van der Waals surface area contributed by atoms with Crippen LogP contribution < -0.4 is 0 Å².